The Bertz CT molecular complexity index is 522. The van der Waals surface area contributed by atoms with Gasteiger partial charge in [-0.1, -0.05) is 12.1 Å². The fourth-order valence-corrected chi connectivity index (χ4v) is 1.81. The summed E-state index contributed by atoms with van der Waals surface area (Å²) in [5.41, 5.74) is 7.11. The van der Waals surface area contributed by atoms with Gasteiger partial charge < -0.3 is 19.9 Å². The molecule has 0 radical (unpaired) electrons. The molecule has 0 saturated carbocycles. The maximum atomic E-state index is 6.10. The van der Waals surface area contributed by atoms with Crippen molar-refractivity contribution < 1.29 is 14.2 Å². The second-order valence-electron chi connectivity index (χ2n) is 4.37. The number of hydrogen-bond acceptors (Lipinski definition) is 4. The summed E-state index contributed by atoms with van der Waals surface area (Å²) in [5.74, 6) is 2.39. The molecule has 2 aromatic rings. The molecule has 4 nitrogen and oxygen atoms in total. The fourth-order valence-electron chi connectivity index (χ4n) is 1.81. The van der Waals surface area contributed by atoms with Crippen molar-refractivity contribution in [2.75, 3.05) is 20.8 Å². The summed E-state index contributed by atoms with van der Waals surface area (Å²) >= 11 is 0. The van der Waals surface area contributed by atoms with Crippen molar-refractivity contribution >= 4 is 0 Å². The van der Waals surface area contributed by atoms with Gasteiger partial charge in [-0.3, -0.25) is 0 Å². The number of hydrogen-bond donors (Lipinski definition) is 1. The SMILES string of the molecule is COc1ccc(OCC(N)c2ccc(OC)cc2)cc1. The van der Waals surface area contributed by atoms with Crippen LogP contribution in [-0.4, -0.2) is 20.8 Å². The number of benzene rings is 2. The largest absolute Gasteiger partial charge is 0.497 e. The molecule has 0 aromatic heterocycles. The average molecular weight is 273 g/mol. The zero-order valence-electron chi connectivity index (χ0n) is 11.7. The predicted molar refractivity (Wildman–Crippen MR) is 78.4 cm³/mol. The minimum absolute atomic E-state index is 0.178. The Labute approximate surface area is 119 Å². The highest BCUT2D eigenvalue weighted by Gasteiger charge is 2.07. The average Bonchev–Trinajstić information content (AvgIpc) is 2.53. The van der Waals surface area contributed by atoms with E-state index in [9.17, 15) is 0 Å². The molecule has 0 bridgehead atoms. The Morgan fingerprint density at radius 3 is 1.75 bits per heavy atom. The molecule has 106 valence electrons. The quantitative estimate of drug-likeness (QED) is 0.879. The molecule has 0 aliphatic heterocycles. The predicted octanol–water partition coefficient (Wildman–Crippen LogP) is 2.78. The van der Waals surface area contributed by atoms with Crippen molar-refractivity contribution in [2.45, 2.75) is 6.04 Å². The molecule has 0 heterocycles. The van der Waals surface area contributed by atoms with Crippen LogP contribution >= 0.6 is 0 Å². The minimum atomic E-state index is -0.178. The third-order valence-corrected chi connectivity index (χ3v) is 3.03. The topological polar surface area (TPSA) is 53.7 Å². The van der Waals surface area contributed by atoms with Gasteiger partial charge >= 0.3 is 0 Å². The van der Waals surface area contributed by atoms with E-state index in [1.807, 2.05) is 48.5 Å². The summed E-state index contributed by atoms with van der Waals surface area (Å²) in [5, 5.41) is 0. The number of nitrogens with two attached hydrogens (primary N) is 1. The highest BCUT2D eigenvalue weighted by atomic mass is 16.5. The smallest absolute Gasteiger partial charge is 0.119 e. The fraction of sp³-hybridized carbons (Fsp3) is 0.250. The van der Waals surface area contributed by atoms with E-state index < -0.39 is 0 Å². The molecule has 0 aliphatic carbocycles. The van der Waals surface area contributed by atoms with Crippen molar-refractivity contribution in [3.05, 3.63) is 54.1 Å². The molecule has 20 heavy (non-hydrogen) atoms. The van der Waals surface area contributed by atoms with E-state index in [4.69, 9.17) is 19.9 Å². The molecule has 0 spiro atoms. The first kappa shape index (κ1) is 14.2. The summed E-state index contributed by atoms with van der Waals surface area (Å²) < 4.78 is 15.9. The molecular weight excluding hydrogens is 254 g/mol. The van der Waals surface area contributed by atoms with Crippen LogP contribution in [0.5, 0.6) is 17.2 Å². The van der Waals surface area contributed by atoms with Crippen LogP contribution in [0.25, 0.3) is 0 Å². The summed E-state index contributed by atoms with van der Waals surface area (Å²) in [4.78, 5) is 0. The van der Waals surface area contributed by atoms with E-state index >= 15 is 0 Å². The first-order valence-corrected chi connectivity index (χ1v) is 6.39. The van der Waals surface area contributed by atoms with Crippen LogP contribution in [0.4, 0.5) is 0 Å². The van der Waals surface area contributed by atoms with Crippen molar-refractivity contribution in [3.63, 3.8) is 0 Å². The number of ether oxygens (including phenoxy) is 3. The normalized spacial score (nSPS) is 11.8. The van der Waals surface area contributed by atoms with E-state index in [1.165, 1.54) is 0 Å². The monoisotopic (exact) mass is 273 g/mol. The molecule has 0 aliphatic rings. The molecule has 4 heteroatoms. The molecule has 2 N–H and O–H groups in total. The maximum absolute atomic E-state index is 6.10. The van der Waals surface area contributed by atoms with E-state index in [2.05, 4.69) is 0 Å². The summed E-state index contributed by atoms with van der Waals surface area (Å²) in [7, 11) is 3.27. The number of methoxy groups -OCH3 is 2. The highest BCUT2D eigenvalue weighted by Crippen LogP contribution is 2.20. The summed E-state index contributed by atoms with van der Waals surface area (Å²) in [6, 6.07) is 14.9. The zero-order valence-corrected chi connectivity index (χ0v) is 11.7. The molecule has 1 atom stereocenters. The van der Waals surface area contributed by atoms with E-state index in [0.29, 0.717) is 6.61 Å². The molecule has 0 amide bonds. The van der Waals surface area contributed by atoms with Crippen molar-refractivity contribution in [1.29, 1.82) is 0 Å². The van der Waals surface area contributed by atoms with Gasteiger partial charge in [-0.05, 0) is 42.0 Å². The molecule has 2 rings (SSSR count). The Balaban J connectivity index is 1.91. The number of rotatable bonds is 6. The Morgan fingerprint density at radius 2 is 1.25 bits per heavy atom. The van der Waals surface area contributed by atoms with Crippen LogP contribution in [0.2, 0.25) is 0 Å². The van der Waals surface area contributed by atoms with Gasteiger partial charge in [0.1, 0.15) is 23.9 Å². The van der Waals surface area contributed by atoms with Crippen molar-refractivity contribution in [3.8, 4) is 17.2 Å². The van der Waals surface area contributed by atoms with Gasteiger partial charge in [0.05, 0.1) is 20.3 Å². The van der Waals surface area contributed by atoms with Gasteiger partial charge in [0.25, 0.3) is 0 Å². The molecular formula is C16H19NO3. The zero-order chi connectivity index (χ0) is 14.4. The lowest BCUT2D eigenvalue weighted by atomic mass is 10.1. The molecule has 1 unspecified atom stereocenters. The standard InChI is InChI=1S/C16H19NO3/c1-18-13-5-3-12(4-6-13)16(17)11-20-15-9-7-14(19-2)8-10-15/h3-10,16H,11,17H2,1-2H3. The van der Waals surface area contributed by atoms with Gasteiger partial charge in [0.2, 0.25) is 0 Å². The van der Waals surface area contributed by atoms with E-state index in [0.717, 1.165) is 22.8 Å². The van der Waals surface area contributed by atoms with Crippen LogP contribution in [0.1, 0.15) is 11.6 Å². The van der Waals surface area contributed by atoms with E-state index in [-0.39, 0.29) is 6.04 Å². The van der Waals surface area contributed by atoms with Crippen LogP contribution in [0.15, 0.2) is 48.5 Å². The lowest BCUT2D eigenvalue weighted by molar-refractivity contribution is 0.290. The van der Waals surface area contributed by atoms with Crippen molar-refractivity contribution in [1.82, 2.24) is 0 Å². The van der Waals surface area contributed by atoms with Crippen LogP contribution in [-0.2, 0) is 0 Å². The third kappa shape index (κ3) is 3.65. The Kier molecular flexibility index (Phi) is 4.85. The van der Waals surface area contributed by atoms with Crippen LogP contribution in [0, 0.1) is 0 Å². The first-order chi connectivity index (χ1) is 9.72. The molecule has 0 saturated heterocycles. The lowest BCUT2D eigenvalue weighted by Crippen LogP contribution is -2.18. The maximum Gasteiger partial charge on any atom is 0.119 e. The van der Waals surface area contributed by atoms with Crippen LogP contribution in [0.3, 0.4) is 0 Å². The highest BCUT2D eigenvalue weighted by molar-refractivity contribution is 5.32. The van der Waals surface area contributed by atoms with Gasteiger partial charge in [-0.15, -0.1) is 0 Å². The third-order valence-electron chi connectivity index (χ3n) is 3.03. The lowest BCUT2D eigenvalue weighted by Gasteiger charge is -2.14. The summed E-state index contributed by atoms with van der Waals surface area (Å²) in [6.45, 7) is 0.415. The molecule has 2 aromatic carbocycles. The minimum Gasteiger partial charge on any atom is -0.497 e. The van der Waals surface area contributed by atoms with Crippen molar-refractivity contribution in [2.24, 2.45) is 5.73 Å². The van der Waals surface area contributed by atoms with Gasteiger partial charge in [-0.2, -0.15) is 0 Å². The van der Waals surface area contributed by atoms with Gasteiger partial charge in [0, 0.05) is 0 Å². The van der Waals surface area contributed by atoms with Crippen LogP contribution < -0.4 is 19.9 Å². The second kappa shape index (κ2) is 6.82. The second-order valence-corrected chi connectivity index (χ2v) is 4.37. The Hall–Kier alpha value is -2.20. The molecule has 0 fully saturated rings. The summed E-state index contributed by atoms with van der Waals surface area (Å²) in [6.07, 6.45) is 0. The Morgan fingerprint density at radius 1 is 0.800 bits per heavy atom. The van der Waals surface area contributed by atoms with Gasteiger partial charge in [-0.25, -0.2) is 0 Å². The first-order valence-electron chi connectivity index (χ1n) is 6.39. The van der Waals surface area contributed by atoms with Gasteiger partial charge in [0.15, 0.2) is 0 Å². The van der Waals surface area contributed by atoms with E-state index in [1.54, 1.807) is 14.2 Å².